The van der Waals surface area contributed by atoms with E-state index in [1.54, 1.807) is 0 Å². The maximum atomic E-state index is 3.53. The molecule has 0 aliphatic heterocycles. The first-order valence-corrected chi connectivity index (χ1v) is 15.7. The Kier molecular flexibility index (Phi) is 7.22. The monoisotopic (exact) mass is 588 g/mol. The van der Waals surface area contributed by atoms with Gasteiger partial charge < -0.3 is 10.2 Å². The third kappa shape index (κ3) is 5.72. The Morgan fingerprint density at radius 2 is 0.717 bits per heavy atom. The summed E-state index contributed by atoms with van der Waals surface area (Å²) < 4.78 is 0. The van der Waals surface area contributed by atoms with Crippen molar-refractivity contribution in [3.05, 3.63) is 187 Å². The topological polar surface area (TPSA) is 15.3 Å². The first kappa shape index (κ1) is 27.4. The van der Waals surface area contributed by atoms with Crippen LogP contribution in [0.4, 0.5) is 28.4 Å². The summed E-state index contributed by atoms with van der Waals surface area (Å²) in [5.74, 6) is 0. The van der Waals surface area contributed by atoms with Gasteiger partial charge in [0.1, 0.15) is 0 Å². The molecule has 0 aliphatic carbocycles. The normalized spacial score (nSPS) is 11.4. The van der Waals surface area contributed by atoms with Gasteiger partial charge in [-0.05, 0) is 104 Å². The van der Waals surface area contributed by atoms with Crippen LogP contribution in [0, 0.1) is 0 Å². The molecule has 8 aromatic rings. The lowest BCUT2D eigenvalue weighted by atomic mass is 10.1. The molecule has 0 aromatic heterocycles. The van der Waals surface area contributed by atoms with Crippen LogP contribution in [0.3, 0.4) is 0 Å². The van der Waals surface area contributed by atoms with Crippen molar-refractivity contribution in [3.63, 3.8) is 0 Å². The molecular formula is C44H32N2. The zero-order valence-corrected chi connectivity index (χ0v) is 25.3. The molecule has 0 heterocycles. The van der Waals surface area contributed by atoms with E-state index in [0.29, 0.717) is 0 Å². The van der Waals surface area contributed by atoms with E-state index < -0.39 is 0 Å². The summed E-state index contributed by atoms with van der Waals surface area (Å²) in [6.45, 7) is 0. The van der Waals surface area contributed by atoms with Crippen molar-refractivity contribution in [2.45, 2.75) is 0 Å². The van der Waals surface area contributed by atoms with Crippen molar-refractivity contribution in [2.24, 2.45) is 0 Å². The van der Waals surface area contributed by atoms with Crippen LogP contribution in [0.15, 0.2) is 176 Å². The summed E-state index contributed by atoms with van der Waals surface area (Å²) in [5.41, 5.74) is 7.85. The average Bonchev–Trinajstić information content (AvgIpc) is 3.12. The second-order valence-electron chi connectivity index (χ2n) is 11.6. The largest absolute Gasteiger partial charge is 0.356 e. The maximum Gasteiger partial charge on any atom is 0.0468 e. The van der Waals surface area contributed by atoms with Gasteiger partial charge in [-0.25, -0.2) is 0 Å². The van der Waals surface area contributed by atoms with Gasteiger partial charge >= 0.3 is 0 Å². The number of anilines is 5. The van der Waals surface area contributed by atoms with Gasteiger partial charge in [0.05, 0.1) is 0 Å². The van der Waals surface area contributed by atoms with E-state index in [1.807, 2.05) is 0 Å². The number of rotatable bonds is 7. The molecule has 2 nitrogen and oxygen atoms in total. The average molecular weight is 589 g/mol. The van der Waals surface area contributed by atoms with Gasteiger partial charge in [0.15, 0.2) is 0 Å². The van der Waals surface area contributed by atoms with E-state index in [1.165, 1.54) is 32.3 Å². The lowest BCUT2D eigenvalue weighted by Crippen LogP contribution is -2.09. The minimum absolute atomic E-state index is 1.07. The fraction of sp³-hybridized carbons (Fsp3) is 0. The second-order valence-corrected chi connectivity index (χ2v) is 11.6. The number of benzene rings is 8. The zero-order valence-electron chi connectivity index (χ0n) is 25.3. The van der Waals surface area contributed by atoms with Crippen molar-refractivity contribution < 1.29 is 0 Å². The Balaban J connectivity index is 1.04. The van der Waals surface area contributed by atoms with Crippen molar-refractivity contribution in [2.75, 3.05) is 10.2 Å². The highest BCUT2D eigenvalue weighted by Crippen LogP contribution is 2.37. The van der Waals surface area contributed by atoms with Gasteiger partial charge in [-0.2, -0.15) is 0 Å². The number of nitrogens with zero attached hydrogens (tertiary/aromatic N) is 1. The van der Waals surface area contributed by atoms with E-state index >= 15 is 0 Å². The molecule has 0 aliphatic rings. The molecule has 0 radical (unpaired) electrons. The van der Waals surface area contributed by atoms with Crippen LogP contribution < -0.4 is 10.2 Å². The molecule has 0 bridgehead atoms. The van der Waals surface area contributed by atoms with Crippen LogP contribution in [-0.2, 0) is 0 Å². The molecule has 0 saturated carbocycles. The van der Waals surface area contributed by atoms with E-state index in [-0.39, 0.29) is 0 Å². The molecule has 8 rings (SSSR count). The van der Waals surface area contributed by atoms with E-state index in [0.717, 1.165) is 39.6 Å². The van der Waals surface area contributed by atoms with Crippen molar-refractivity contribution in [1.82, 2.24) is 0 Å². The number of nitrogens with one attached hydrogen (secondary N) is 1. The SMILES string of the molecule is C(=C\c1ccc(N(c2ccc3ccccc3c2)c2ccc3ccccc3c2)cc1)/c1ccc(Nc2ccc3ccccc3c2)cc1. The summed E-state index contributed by atoms with van der Waals surface area (Å²) in [4.78, 5) is 2.34. The highest BCUT2D eigenvalue weighted by molar-refractivity contribution is 5.93. The van der Waals surface area contributed by atoms with Crippen LogP contribution in [0.1, 0.15) is 11.1 Å². The smallest absolute Gasteiger partial charge is 0.0468 e. The van der Waals surface area contributed by atoms with Crippen LogP contribution in [0.2, 0.25) is 0 Å². The second kappa shape index (κ2) is 12.1. The number of fused-ring (bicyclic) bond motifs is 3. The van der Waals surface area contributed by atoms with Crippen LogP contribution >= 0.6 is 0 Å². The molecule has 0 fully saturated rings. The van der Waals surface area contributed by atoms with Gasteiger partial charge in [-0.15, -0.1) is 0 Å². The van der Waals surface area contributed by atoms with Gasteiger partial charge in [-0.3, -0.25) is 0 Å². The van der Waals surface area contributed by atoms with Crippen LogP contribution in [0.5, 0.6) is 0 Å². The van der Waals surface area contributed by atoms with Crippen LogP contribution in [-0.4, -0.2) is 0 Å². The van der Waals surface area contributed by atoms with Gasteiger partial charge in [0.25, 0.3) is 0 Å². The fourth-order valence-electron chi connectivity index (χ4n) is 6.12. The molecular weight excluding hydrogens is 556 g/mol. The first-order valence-electron chi connectivity index (χ1n) is 15.7. The highest BCUT2D eigenvalue weighted by atomic mass is 15.1. The molecule has 0 spiro atoms. The lowest BCUT2D eigenvalue weighted by molar-refractivity contribution is 1.29. The van der Waals surface area contributed by atoms with Crippen molar-refractivity contribution in [3.8, 4) is 0 Å². The third-order valence-electron chi connectivity index (χ3n) is 8.55. The van der Waals surface area contributed by atoms with Gasteiger partial charge in [-0.1, -0.05) is 127 Å². The molecule has 0 saturated heterocycles. The molecule has 0 amide bonds. The summed E-state index contributed by atoms with van der Waals surface area (Å²) in [5, 5.41) is 10.9. The molecule has 2 heteroatoms. The Morgan fingerprint density at radius 1 is 0.326 bits per heavy atom. The van der Waals surface area contributed by atoms with Gasteiger partial charge in [0.2, 0.25) is 0 Å². The molecule has 218 valence electrons. The van der Waals surface area contributed by atoms with E-state index in [2.05, 4.69) is 198 Å². The minimum Gasteiger partial charge on any atom is -0.356 e. The summed E-state index contributed by atoms with van der Waals surface area (Å²) in [7, 11) is 0. The Morgan fingerprint density at radius 3 is 1.24 bits per heavy atom. The van der Waals surface area contributed by atoms with Crippen molar-refractivity contribution >= 4 is 72.9 Å². The molecule has 46 heavy (non-hydrogen) atoms. The third-order valence-corrected chi connectivity index (χ3v) is 8.55. The molecule has 1 N–H and O–H groups in total. The van der Waals surface area contributed by atoms with Gasteiger partial charge in [0, 0.05) is 28.4 Å². The van der Waals surface area contributed by atoms with Crippen molar-refractivity contribution in [1.29, 1.82) is 0 Å². The molecule has 8 aromatic carbocycles. The molecule has 0 atom stereocenters. The van der Waals surface area contributed by atoms with Crippen LogP contribution in [0.25, 0.3) is 44.5 Å². The van der Waals surface area contributed by atoms with E-state index in [9.17, 15) is 0 Å². The number of hydrogen-bond acceptors (Lipinski definition) is 2. The van der Waals surface area contributed by atoms with E-state index in [4.69, 9.17) is 0 Å². The first-order chi connectivity index (χ1) is 22.7. The fourth-order valence-corrected chi connectivity index (χ4v) is 6.12. The maximum absolute atomic E-state index is 3.53. The highest BCUT2D eigenvalue weighted by Gasteiger charge is 2.14. The minimum atomic E-state index is 1.07. The summed E-state index contributed by atoms with van der Waals surface area (Å²) in [6, 6.07) is 62.7. The summed E-state index contributed by atoms with van der Waals surface area (Å²) in [6.07, 6.45) is 4.34. The Labute approximate surface area is 269 Å². The lowest BCUT2D eigenvalue weighted by Gasteiger charge is -2.26. The quantitative estimate of drug-likeness (QED) is 0.186. The Bertz CT molecular complexity index is 2250. The standard InChI is InChI=1S/C44H32N2/c1-4-10-37-29-41(24-19-34(37)7-1)45-40-22-15-32(16-23-40)13-14-33-17-25-42(26-18-33)46(43-27-20-35-8-2-5-11-38(35)30-43)44-28-21-36-9-3-6-12-39(36)31-44/h1-31,45H/b14-13+. The summed E-state index contributed by atoms with van der Waals surface area (Å²) >= 11 is 0. The Hall–Kier alpha value is -6.12. The predicted octanol–water partition coefficient (Wildman–Crippen LogP) is 12.5. The number of hydrogen-bond donors (Lipinski definition) is 1. The predicted molar refractivity (Wildman–Crippen MR) is 199 cm³/mol. The zero-order chi connectivity index (χ0) is 30.7. The molecule has 0 unspecified atom stereocenters.